The molecule has 0 aliphatic rings. The Morgan fingerprint density at radius 3 is 2.44 bits per heavy atom. The fourth-order valence-corrected chi connectivity index (χ4v) is 2.10. The highest BCUT2D eigenvalue weighted by Gasteiger charge is 2.25. The van der Waals surface area contributed by atoms with E-state index in [-0.39, 0.29) is 22.5 Å². The smallest absolute Gasteiger partial charge is 0.385 e. The molecule has 0 saturated carbocycles. The minimum absolute atomic E-state index is 0.00986. The highest BCUT2D eigenvalue weighted by atomic mass is 32.3. The van der Waals surface area contributed by atoms with Gasteiger partial charge in [0.15, 0.2) is 0 Å². The van der Waals surface area contributed by atoms with Crippen molar-refractivity contribution in [3.8, 4) is 5.75 Å². The van der Waals surface area contributed by atoms with Gasteiger partial charge in [-0.05, 0) is 12.1 Å². The Hall–Kier alpha value is -0.940. The quantitative estimate of drug-likeness (QED) is 0.358. The molecule has 0 heterocycles. The fraction of sp³-hybridized carbons (Fsp3) is 0.250. The van der Waals surface area contributed by atoms with Crippen molar-refractivity contribution in [3.63, 3.8) is 0 Å². The lowest BCUT2D eigenvalue weighted by atomic mass is 10.3. The topological polar surface area (TPSA) is 70.1 Å². The van der Waals surface area contributed by atoms with Gasteiger partial charge in [-0.3, -0.25) is 5.21 Å². The fourth-order valence-electron chi connectivity index (χ4n) is 1.02. The maximum absolute atomic E-state index is 12.7. The number of para-hydroxylation sites is 1. The van der Waals surface area contributed by atoms with E-state index in [4.69, 9.17) is 9.94 Å². The van der Waals surface area contributed by atoms with Crippen LogP contribution in [0.15, 0.2) is 30.3 Å². The summed E-state index contributed by atoms with van der Waals surface area (Å²) in [4.78, 5) is 0. The molecule has 0 aliphatic heterocycles. The molecule has 102 valence electrons. The summed E-state index contributed by atoms with van der Waals surface area (Å²) in [5.41, 5.74) is 0. The summed E-state index contributed by atoms with van der Waals surface area (Å²) in [5.74, 6) is 0.458. The second-order valence-electron chi connectivity index (χ2n) is 2.94. The lowest BCUT2D eigenvalue weighted by molar-refractivity contribution is -0.140. The standard InChI is InChI=1S/C8H10F2N2O4S2/c9-12(13)17-11(18(10,14)15)6-7-16-8-4-2-1-3-5-8/h1-5,13H,6-7H2. The van der Waals surface area contributed by atoms with Crippen LogP contribution in [0.2, 0.25) is 0 Å². The van der Waals surface area contributed by atoms with Crippen LogP contribution in [0.25, 0.3) is 0 Å². The molecule has 1 aromatic carbocycles. The van der Waals surface area contributed by atoms with Crippen molar-refractivity contribution in [1.29, 1.82) is 0 Å². The Kier molecular flexibility index (Phi) is 5.75. The van der Waals surface area contributed by atoms with Crippen LogP contribution in [-0.4, -0.2) is 35.2 Å². The zero-order valence-electron chi connectivity index (χ0n) is 8.94. The van der Waals surface area contributed by atoms with Crippen molar-refractivity contribution in [2.45, 2.75) is 0 Å². The van der Waals surface area contributed by atoms with Crippen LogP contribution in [-0.2, 0) is 10.4 Å². The van der Waals surface area contributed by atoms with Gasteiger partial charge in [-0.15, -0.1) is 0 Å². The van der Waals surface area contributed by atoms with Crippen molar-refractivity contribution in [3.05, 3.63) is 30.3 Å². The predicted octanol–water partition coefficient (Wildman–Crippen LogP) is 1.72. The number of nitrogens with zero attached hydrogens (tertiary/aromatic N) is 2. The van der Waals surface area contributed by atoms with Gasteiger partial charge in [0, 0.05) is 0 Å². The van der Waals surface area contributed by atoms with Crippen LogP contribution in [0, 0.1) is 0 Å². The Morgan fingerprint density at radius 2 is 1.94 bits per heavy atom. The summed E-state index contributed by atoms with van der Waals surface area (Å²) in [7, 11) is -5.14. The normalized spacial score (nSPS) is 12.1. The monoisotopic (exact) mass is 300 g/mol. The molecule has 0 spiro atoms. The summed E-state index contributed by atoms with van der Waals surface area (Å²) < 4.78 is 50.0. The molecule has 0 bridgehead atoms. The predicted molar refractivity (Wildman–Crippen MR) is 61.0 cm³/mol. The van der Waals surface area contributed by atoms with Crippen LogP contribution >= 0.6 is 12.1 Å². The van der Waals surface area contributed by atoms with Crippen molar-refractivity contribution < 1.29 is 26.7 Å². The number of hydrogen-bond donors (Lipinski definition) is 1. The van der Waals surface area contributed by atoms with Gasteiger partial charge < -0.3 is 4.74 Å². The van der Waals surface area contributed by atoms with Crippen LogP contribution in [0.3, 0.4) is 0 Å². The van der Waals surface area contributed by atoms with Gasteiger partial charge in [0.25, 0.3) is 0 Å². The molecular weight excluding hydrogens is 290 g/mol. The second-order valence-corrected chi connectivity index (χ2v) is 5.34. The third-order valence-corrected chi connectivity index (χ3v) is 3.59. The highest BCUT2D eigenvalue weighted by Crippen LogP contribution is 2.20. The van der Waals surface area contributed by atoms with Crippen LogP contribution in [0.1, 0.15) is 0 Å². The molecule has 0 saturated heterocycles. The summed E-state index contributed by atoms with van der Waals surface area (Å²) in [6.45, 7) is -0.673. The van der Waals surface area contributed by atoms with Gasteiger partial charge in [0.05, 0.1) is 23.4 Å². The molecule has 10 heteroatoms. The molecule has 0 amide bonds. The van der Waals surface area contributed by atoms with Crippen molar-refractivity contribution >= 4 is 22.5 Å². The molecular formula is C8H10F2N2O4S2. The molecule has 0 fully saturated rings. The van der Waals surface area contributed by atoms with E-state index in [2.05, 4.69) is 0 Å². The van der Waals surface area contributed by atoms with Gasteiger partial charge in [0.2, 0.25) is 0 Å². The van der Waals surface area contributed by atoms with Crippen LogP contribution in [0.4, 0.5) is 8.37 Å². The number of hydrogen-bond acceptors (Lipinski definition) is 6. The molecule has 0 aliphatic carbocycles. The molecule has 0 unspecified atom stereocenters. The summed E-state index contributed by atoms with van der Waals surface area (Å²) in [5, 5.41) is 8.22. The van der Waals surface area contributed by atoms with Gasteiger partial charge in [-0.1, -0.05) is 30.3 Å². The zero-order valence-corrected chi connectivity index (χ0v) is 10.6. The van der Waals surface area contributed by atoms with Gasteiger partial charge >= 0.3 is 10.4 Å². The van der Waals surface area contributed by atoms with E-state index in [1.54, 1.807) is 30.3 Å². The molecule has 1 rings (SSSR count). The minimum atomic E-state index is -5.14. The summed E-state index contributed by atoms with van der Waals surface area (Å²) in [6, 6.07) is 8.40. The average molecular weight is 300 g/mol. The maximum atomic E-state index is 12.7. The third kappa shape index (κ3) is 5.60. The lowest BCUT2D eigenvalue weighted by Crippen LogP contribution is -2.28. The number of rotatable bonds is 7. The van der Waals surface area contributed by atoms with Gasteiger partial charge in [-0.2, -0.15) is 8.42 Å². The molecule has 6 nitrogen and oxygen atoms in total. The van der Waals surface area contributed by atoms with E-state index in [0.717, 1.165) is 0 Å². The van der Waals surface area contributed by atoms with E-state index >= 15 is 0 Å². The Balaban J connectivity index is 2.48. The van der Waals surface area contributed by atoms with Crippen molar-refractivity contribution in [1.82, 2.24) is 8.40 Å². The molecule has 0 radical (unpaired) electrons. The minimum Gasteiger partial charge on any atom is -0.492 e. The highest BCUT2D eigenvalue weighted by molar-refractivity contribution is 8.05. The average Bonchev–Trinajstić information content (AvgIpc) is 2.27. The molecule has 18 heavy (non-hydrogen) atoms. The van der Waals surface area contributed by atoms with Gasteiger partial charge in [-0.25, -0.2) is 0 Å². The first kappa shape index (κ1) is 15.1. The molecule has 0 atom stereocenters. The lowest BCUT2D eigenvalue weighted by Gasteiger charge is -2.15. The second kappa shape index (κ2) is 6.85. The van der Waals surface area contributed by atoms with Crippen LogP contribution < -0.4 is 4.74 Å². The van der Waals surface area contributed by atoms with Gasteiger partial charge in [0.1, 0.15) is 12.4 Å². The van der Waals surface area contributed by atoms with E-state index in [0.29, 0.717) is 5.75 Å². The summed E-state index contributed by atoms with van der Waals surface area (Å²) in [6.07, 6.45) is 0. The SMILES string of the molecule is O=S(=O)(F)N(CCOc1ccccc1)SN(O)F. The maximum Gasteiger partial charge on any atom is 0.385 e. The third-order valence-electron chi connectivity index (χ3n) is 1.69. The van der Waals surface area contributed by atoms with E-state index in [1.807, 2.05) is 0 Å². The largest absolute Gasteiger partial charge is 0.492 e. The first-order valence-electron chi connectivity index (χ1n) is 4.62. The van der Waals surface area contributed by atoms with Crippen molar-refractivity contribution in [2.75, 3.05) is 13.2 Å². The summed E-state index contributed by atoms with van der Waals surface area (Å²) >= 11 is -0.346. The Labute approximate surface area is 107 Å². The van der Waals surface area contributed by atoms with E-state index in [1.165, 1.54) is 0 Å². The Morgan fingerprint density at radius 1 is 1.33 bits per heavy atom. The van der Waals surface area contributed by atoms with Crippen molar-refractivity contribution in [2.24, 2.45) is 0 Å². The number of benzene rings is 1. The first-order valence-corrected chi connectivity index (χ1v) is 6.69. The van der Waals surface area contributed by atoms with Crippen LogP contribution in [0.5, 0.6) is 5.75 Å². The zero-order chi connectivity index (χ0) is 13.6. The first-order chi connectivity index (χ1) is 8.39. The molecule has 0 aromatic heterocycles. The van der Waals surface area contributed by atoms with E-state index in [9.17, 15) is 16.8 Å². The van der Waals surface area contributed by atoms with E-state index < -0.39 is 21.6 Å². The molecule has 1 N–H and O–H groups in total. The molecule has 1 aromatic rings. The number of ether oxygens (including phenoxy) is 1. The Bertz CT molecular complexity index is 457. The number of halogens is 2.